The van der Waals surface area contributed by atoms with E-state index in [1.165, 1.54) is 12.1 Å². The second-order valence-corrected chi connectivity index (χ2v) is 6.83. The van der Waals surface area contributed by atoms with Gasteiger partial charge in [0.25, 0.3) is 0 Å². The zero-order chi connectivity index (χ0) is 20.1. The van der Waals surface area contributed by atoms with E-state index < -0.39 is 0 Å². The van der Waals surface area contributed by atoms with Crippen LogP contribution in [0.3, 0.4) is 0 Å². The van der Waals surface area contributed by atoms with Gasteiger partial charge in [-0.3, -0.25) is 4.99 Å². The van der Waals surface area contributed by atoms with E-state index in [0.29, 0.717) is 6.54 Å². The molecule has 0 fully saturated rings. The molecule has 0 amide bonds. The molecule has 8 heteroatoms. The van der Waals surface area contributed by atoms with E-state index in [1.54, 1.807) is 7.11 Å². The molecule has 0 radical (unpaired) electrons. The first-order chi connectivity index (χ1) is 13.0. The van der Waals surface area contributed by atoms with Crippen molar-refractivity contribution >= 4 is 29.9 Å². The molecule has 162 valence electrons. The minimum atomic E-state index is -0.218. The van der Waals surface area contributed by atoms with E-state index in [9.17, 15) is 4.39 Å². The fraction of sp³-hybridized carbons (Fsp3) is 0.650. The van der Waals surface area contributed by atoms with Crippen molar-refractivity contribution in [1.29, 1.82) is 0 Å². The summed E-state index contributed by atoms with van der Waals surface area (Å²) in [5.74, 6) is 0.584. The van der Waals surface area contributed by atoms with Crippen molar-refractivity contribution in [3.05, 3.63) is 35.6 Å². The standard InChI is InChI=1S/C20H36FN5O.HI/c1-6-22-20(23-12-14-26(4)13-7-15-27-5)24-16-19(25(2)3)17-8-10-18(21)11-9-17;/h8-11,19H,6-7,12-16H2,1-5H3,(H2,22,23,24);1H. The van der Waals surface area contributed by atoms with E-state index in [0.717, 1.165) is 50.7 Å². The molecule has 0 saturated heterocycles. The van der Waals surface area contributed by atoms with E-state index in [1.807, 2.05) is 26.2 Å². The molecule has 0 aliphatic heterocycles. The lowest BCUT2D eigenvalue weighted by Crippen LogP contribution is -2.41. The molecule has 0 saturated carbocycles. The van der Waals surface area contributed by atoms with Gasteiger partial charge < -0.3 is 25.2 Å². The third kappa shape index (κ3) is 11.1. The van der Waals surface area contributed by atoms with Gasteiger partial charge in [-0.2, -0.15) is 0 Å². The van der Waals surface area contributed by atoms with Crippen LogP contribution in [0.4, 0.5) is 4.39 Å². The third-order valence-corrected chi connectivity index (χ3v) is 4.32. The fourth-order valence-corrected chi connectivity index (χ4v) is 2.73. The van der Waals surface area contributed by atoms with Gasteiger partial charge in [-0.1, -0.05) is 12.1 Å². The Kier molecular flexibility index (Phi) is 15.3. The highest BCUT2D eigenvalue weighted by atomic mass is 127. The summed E-state index contributed by atoms with van der Waals surface area (Å²) in [4.78, 5) is 9.10. The van der Waals surface area contributed by atoms with Crippen molar-refractivity contribution < 1.29 is 9.13 Å². The van der Waals surface area contributed by atoms with Crippen LogP contribution in [0, 0.1) is 5.82 Å². The summed E-state index contributed by atoms with van der Waals surface area (Å²) in [6.07, 6.45) is 1.03. The number of ether oxygens (including phenoxy) is 1. The van der Waals surface area contributed by atoms with Crippen LogP contribution < -0.4 is 10.6 Å². The first kappa shape index (κ1) is 27.0. The zero-order valence-electron chi connectivity index (χ0n) is 17.9. The Balaban J connectivity index is 0.00000729. The van der Waals surface area contributed by atoms with Gasteiger partial charge in [0.05, 0.1) is 12.6 Å². The molecule has 0 spiro atoms. The SMILES string of the molecule is CCNC(=NCC(c1ccc(F)cc1)N(C)C)NCCN(C)CCCOC.I. The summed E-state index contributed by atoms with van der Waals surface area (Å²) in [7, 11) is 7.86. The van der Waals surface area contributed by atoms with Crippen molar-refractivity contribution in [3.63, 3.8) is 0 Å². The van der Waals surface area contributed by atoms with Gasteiger partial charge in [-0.15, -0.1) is 24.0 Å². The molecule has 0 aliphatic carbocycles. The van der Waals surface area contributed by atoms with Gasteiger partial charge in [0, 0.05) is 39.9 Å². The molecule has 0 bridgehead atoms. The number of guanidine groups is 1. The van der Waals surface area contributed by atoms with Gasteiger partial charge in [0.15, 0.2) is 5.96 Å². The summed E-state index contributed by atoms with van der Waals surface area (Å²) >= 11 is 0. The summed E-state index contributed by atoms with van der Waals surface area (Å²) < 4.78 is 18.3. The molecule has 1 unspecified atom stereocenters. The van der Waals surface area contributed by atoms with Crippen LogP contribution in [-0.2, 0) is 4.74 Å². The van der Waals surface area contributed by atoms with Crippen molar-refractivity contribution in [2.75, 3.05) is 67.6 Å². The Morgan fingerprint density at radius 2 is 1.82 bits per heavy atom. The molecule has 1 aromatic rings. The number of halogens is 2. The second-order valence-electron chi connectivity index (χ2n) is 6.83. The summed E-state index contributed by atoms with van der Waals surface area (Å²) in [6, 6.07) is 6.74. The van der Waals surface area contributed by atoms with Crippen LogP contribution in [0.2, 0.25) is 0 Å². The molecule has 1 rings (SSSR count). The van der Waals surface area contributed by atoms with Gasteiger partial charge in [-0.25, -0.2) is 4.39 Å². The minimum absolute atomic E-state index is 0. The number of rotatable bonds is 12. The lowest BCUT2D eigenvalue weighted by atomic mass is 10.1. The fourth-order valence-electron chi connectivity index (χ4n) is 2.73. The molecular weight excluding hydrogens is 472 g/mol. The first-order valence-electron chi connectivity index (χ1n) is 9.59. The second kappa shape index (κ2) is 15.9. The van der Waals surface area contributed by atoms with Gasteiger partial charge in [0.2, 0.25) is 0 Å². The molecule has 1 aromatic carbocycles. The maximum Gasteiger partial charge on any atom is 0.191 e. The molecule has 0 aliphatic rings. The monoisotopic (exact) mass is 509 g/mol. The van der Waals surface area contributed by atoms with E-state index in [2.05, 4.69) is 34.4 Å². The average Bonchev–Trinajstić information content (AvgIpc) is 2.63. The van der Waals surface area contributed by atoms with Crippen molar-refractivity contribution in [2.45, 2.75) is 19.4 Å². The van der Waals surface area contributed by atoms with Crippen LogP contribution in [0.5, 0.6) is 0 Å². The molecule has 6 nitrogen and oxygen atoms in total. The number of hydrogen-bond acceptors (Lipinski definition) is 4. The Bertz CT molecular complexity index is 542. The largest absolute Gasteiger partial charge is 0.385 e. The van der Waals surface area contributed by atoms with Gasteiger partial charge in [0.1, 0.15) is 5.82 Å². The maximum atomic E-state index is 13.2. The molecule has 0 heterocycles. The highest BCUT2D eigenvalue weighted by molar-refractivity contribution is 14.0. The Morgan fingerprint density at radius 1 is 1.14 bits per heavy atom. The lowest BCUT2D eigenvalue weighted by Gasteiger charge is -2.24. The average molecular weight is 509 g/mol. The quantitative estimate of drug-likeness (QED) is 0.196. The number of likely N-dealkylation sites (N-methyl/N-ethyl adjacent to an activating group) is 2. The van der Waals surface area contributed by atoms with Crippen molar-refractivity contribution in [1.82, 2.24) is 20.4 Å². The summed E-state index contributed by atoms with van der Waals surface area (Å²) in [6.45, 7) is 7.00. The number of benzene rings is 1. The molecule has 2 N–H and O–H groups in total. The predicted molar refractivity (Wildman–Crippen MR) is 126 cm³/mol. The van der Waals surface area contributed by atoms with Crippen LogP contribution in [0.1, 0.15) is 24.9 Å². The molecular formula is C20H37FIN5O. The minimum Gasteiger partial charge on any atom is -0.385 e. The topological polar surface area (TPSA) is 52.1 Å². The number of nitrogens with zero attached hydrogens (tertiary/aromatic N) is 3. The van der Waals surface area contributed by atoms with Gasteiger partial charge in [-0.05, 0) is 52.2 Å². The van der Waals surface area contributed by atoms with Crippen molar-refractivity contribution in [2.24, 2.45) is 4.99 Å². The normalized spacial score (nSPS) is 12.8. The molecule has 1 atom stereocenters. The Labute approximate surface area is 186 Å². The Morgan fingerprint density at radius 3 is 2.39 bits per heavy atom. The number of hydrogen-bond donors (Lipinski definition) is 2. The number of methoxy groups -OCH3 is 1. The number of nitrogens with one attached hydrogen (secondary N) is 2. The first-order valence-corrected chi connectivity index (χ1v) is 9.59. The molecule has 0 aromatic heterocycles. The Hall–Kier alpha value is -0.970. The smallest absolute Gasteiger partial charge is 0.191 e. The third-order valence-electron chi connectivity index (χ3n) is 4.32. The highest BCUT2D eigenvalue weighted by Crippen LogP contribution is 2.18. The van der Waals surface area contributed by atoms with Crippen LogP contribution >= 0.6 is 24.0 Å². The highest BCUT2D eigenvalue weighted by Gasteiger charge is 2.14. The van der Waals surface area contributed by atoms with E-state index in [-0.39, 0.29) is 35.8 Å². The van der Waals surface area contributed by atoms with Crippen molar-refractivity contribution in [3.8, 4) is 0 Å². The van der Waals surface area contributed by atoms with E-state index in [4.69, 9.17) is 9.73 Å². The maximum absolute atomic E-state index is 13.2. The zero-order valence-corrected chi connectivity index (χ0v) is 20.2. The van der Waals surface area contributed by atoms with Crippen LogP contribution in [-0.4, -0.2) is 83.3 Å². The van der Waals surface area contributed by atoms with Crippen LogP contribution in [0.15, 0.2) is 29.3 Å². The predicted octanol–water partition coefficient (Wildman–Crippen LogP) is 2.57. The van der Waals surface area contributed by atoms with E-state index >= 15 is 0 Å². The summed E-state index contributed by atoms with van der Waals surface area (Å²) in [5, 5.41) is 6.67. The number of aliphatic imine (C=N–C) groups is 1. The van der Waals surface area contributed by atoms with Gasteiger partial charge >= 0.3 is 0 Å². The molecule has 28 heavy (non-hydrogen) atoms. The summed E-state index contributed by atoms with van der Waals surface area (Å²) in [5.41, 5.74) is 1.05. The van der Waals surface area contributed by atoms with Crippen LogP contribution in [0.25, 0.3) is 0 Å². The lowest BCUT2D eigenvalue weighted by molar-refractivity contribution is 0.180.